The highest BCUT2D eigenvalue weighted by Gasteiger charge is 2.24. The quantitative estimate of drug-likeness (QED) is 0.900. The highest BCUT2D eigenvalue weighted by Crippen LogP contribution is 2.37. The van der Waals surface area contributed by atoms with E-state index in [9.17, 15) is 14.7 Å². The molecule has 2 aliphatic rings. The van der Waals surface area contributed by atoms with Crippen molar-refractivity contribution in [2.24, 2.45) is 0 Å². The zero-order valence-corrected chi connectivity index (χ0v) is 15.1. The van der Waals surface area contributed by atoms with E-state index in [1.807, 2.05) is 28.0 Å². The van der Waals surface area contributed by atoms with Gasteiger partial charge in [-0.25, -0.2) is 4.79 Å². The molecule has 4 rings (SSSR count). The van der Waals surface area contributed by atoms with E-state index in [0.29, 0.717) is 24.5 Å². The summed E-state index contributed by atoms with van der Waals surface area (Å²) < 4.78 is 5.80. The fraction of sp³-hybridized carbons (Fsp3) is 0.333. The number of fused-ring (bicyclic) bond motifs is 1. The molecular formula is C21H22N2O4. The van der Waals surface area contributed by atoms with Crippen LogP contribution in [0, 0.1) is 0 Å². The first-order chi connectivity index (χ1) is 13.1. The molecule has 0 atom stereocenters. The third-order valence-electron chi connectivity index (χ3n) is 5.12. The van der Waals surface area contributed by atoms with Gasteiger partial charge in [-0.2, -0.15) is 0 Å². The highest BCUT2D eigenvalue weighted by molar-refractivity contribution is 5.96. The summed E-state index contributed by atoms with van der Waals surface area (Å²) in [5.74, 6) is -0.247. The largest absolute Gasteiger partial charge is 0.490 e. The Kier molecular flexibility index (Phi) is 4.71. The van der Waals surface area contributed by atoms with Crippen molar-refractivity contribution in [3.8, 4) is 5.75 Å². The van der Waals surface area contributed by atoms with Crippen LogP contribution in [-0.2, 0) is 0 Å². The minimum absolute atomic E-state index is 0.0473. The van der Waals surface area contributed by atoms with Crippen molar-refractivity contribution in [1.82, 2.24) is 4.90 Å². The number of hydrogen-bond acceptors (Lipinski definition) is 4. The van der Waals surface area contributed by atoms with Gasteiger partial charge in [-0.05, 0) is 55.7 Å². The van der Waals surface area contributed by atoms with Crippen LogP contribution in [0.2, 0.25) is 0 Å². The van der Waals surface area contributed by atoms with Crippen LogP contribution in [0.25, 0.3) is 0 Å². The lowest BCUT2D eigenvalue weighted by Crippen LogP contribution is -2.35. The number of aromatic carboxylic acids is 1. The van der Waals surface area contributed by atoms with Gasteiger partial charge >= 0.3 is 5.97 Å². The SMILES string of the molecule is O=C(O)c1cccc(N2CCOc3cc(C(=O)N4CCCCC4)ccc32)c1. The van der Waals surface area contributed by atoms with Crippen molar-refractivity contribution in [3.05, 3.63) is 53.6 Å². The van der Waals surface area contributed by atoms with Crippen LogP contribution in [0.15, 0.2) is 42.5 Å². The van der Waals surface area contributed by atoms with Gasteiger partial charge in [-0.1, -0.05) is 6.07 Å². The van der Waals surface area contributed by atoms with Crippen molar-refractivity contribution in [3.63, 3.8) is 0 Å². The molecule has 0 unspecified atom stereocenters. The van der Waals surface area contributed by atoms with Gasteiger partial charge < -0.3 is 19.6 Å². The van der Waals surface area contributed by atoms with Crippen LogP contribution in [0.5, 0.6) is 5.75 Å². The van der Waals surface area contributed by atoms with Gasteiger partial charge in [-0.3, -0.25) is 4.79 Å². The van der Waals surface area contributed by atoms with Crippen molar-refractivity contribution in [2.75, 3.05) is 31.1 Å². The summed E-state index contributed by atoms with van der Waals surface area (Å²) in [5, 5.41) is 9.24. The maximum atomic E-state index is 12.7. The molecule has 140 valence electrons. The third-order valence-corrected chi connectivity index (χ3v) is 5.12. The minimum Gasteiger partial charge on any atom is -0.490 e. The lowest BCUT2D eigenvalue weighted by molar-refractivity contribution is 0.0694. The van der Waals surface area contributed by atoms with E-state index >= 15 is 0 Å². The molecule has 6 heteroatoms. The zero-order valence-electron chi connectivity index (χ0n) is 15.1. The number of likely N-dealkylation sites (tertiary alicyclic amines) is 1. The monoisotopic (exact) mass is 366 g/mol. The van der Waals surface area contributed by atoms with Gasteiger partial charge in [0, 0.05) is 24.3 Å². The maximum absolute atomic E-state index is 12.7. The van der Waals surface area contributed by atoms with Crippen molar-refractivity contribution in [1.29, 1.82) is 0 Å². The highest BCUT2D eigenvalue weighted by atomic mass is 16.5. The average Bonchev–Trinajstić information content (AvgIpc) is 2.73. The van der Waals surface area contributed by atoms with E-state index in [1.54, 1.807) is 24.3 Å². The van der Waals surface area contributed by atoms with E-state index in [2.05, 4.69) is 0 Å². The summed E-state index contributed by atoms with van der Waals surface area (Å²) in [5.41, 5.74) is 2.53. The topological polar surface area (TPSA) is 70.1 Å². The second-order valence-electron chi connectivity index (χ2n) is 6.89. The minimum atomic E-state index is -0.951. The Labute approximate surface area is 158 Å². The number of carbonyl (C=O) groups is 2. The number of ether oxygens (including phenoxy) is 1. The van der Waals surface area contributed by atoms with Crippen molar-refractivity contribution in [2.45, 2.75) is 19.3 Å². The Morgan fingerprint density at radius 1 is 0.926 bits per heavy atom. The second-order valence-corrected chi connectivity index (χ2v) is 6.89. The maximum Gasteiger partial charge on any atom is 0.335 e. The van der Waals surface area contributed by atoms with Crippen molar-refractivity contribution >= 4 is 23.3 Å². The molecule has 0 saturated carbocycles. The second kappa shape index (κ2) is 7.31. The first-order valence-corrected chi connectivity index (χ1v) is 9.30. The van der Waals surface area contributed by atoms with E-state index in [1.165, 1.54) is 6.42 Å². The van der Waals surface area contributed by atoms with Crippen LogP contribution in [-0.4, -0.2) is 48.1 Å². The number of piperidine rings is 1. The molecule has 6 nitrogen and oxygen atoms in total. The van der Waals surface area contributed by atoms with Gasteiger partial charge in [0.05, 0.1) is 17.8 Å². The number of rotatable bonds is 3. The summed E-state index contributed by atoms with van der Waals surface area (Å²) in [4.78, 5) is 27.9. The Hall–Kier alpha value is -3.02. The number of hydrogen-bond donors (Lipinski definition) is 1. The molecule has 1 N–H and O–H groups in total. The summed E-state index contributed by atoms with van der Waals surface area (Å²) in [6, 6.07) is 12.4. The number of amides is 1. The summed E-state index contributed by atoms with van der Waals surface area (Å²) in [6.07, 6.45) is 3.29. The molecule has 0 aromatic heterocycles. The van der Waals surface area contributed by atoms with Crippen LogP contribution in [0.3, 0.4) is 0 Å². The molecule has 0 bridgehead atoms. The van der Waals surface area contributed by atoms with E-state index in [-0.39, 0.29) is 11.5 Å². The average molecular weight is 366 g/mol. The fourth-order valence-electron chi connectivity index (χ4n) is 3.71. The van der Waals surface area contributed by atoms with E-state index in [4.69, 9.17) is 4.74 Å². The van der Waals surface area contributed by atoms with Gasteiger partial charge in [0.25, 0.3) is 5.91 Å². The number of benzene rings is 2. The van der Waals surface area contributed by atoms with Crippen LogP contribution in [0.1, 0.15) is 40.0 Å². The smallest absolute Gasteiger partial charge is 0.335 e. The lowest BCUT2D eigenvalue weighted by Gasteiger charge is -2.32. The number of anilines is 2. The molecule has 2 aromatic rings. The molecule has 2 aromatic carbocycles. The Morgan fingerprint density at radius 3 is 2.52 bits per heavy atom. The third kappa shape index (κ3) is 3.47. The molecular weight excluding hydrogens is 344 g/mol. The van der Waals surface area contributed by atoms with Gasteiger partial charge in [-0.15, -0.1) is 0 Å². The lowest BCUT2D eigenvalue weighted by atomic mass is 10.1. The Balaban J connectivity index is 1.63. The predicted octanol–water partition coefficient (Wildman–Crippen LogP) is 3.54. The molecule has 0 spiro atoms. The molecule has 2 aliphatic heterocycles. The number of carbonyl (C=O) groups excluding carboxylic acids is 1. The van der Waals surface area contributed by atoms with Gasteiger partial charge in [0.1, 0.15) is 12.4 Å². The molecule has 0 aliphatic carbocycles. The van der Waals surface area contributed by atoms with Crippen LogP contribution < -0.4 is 9.64 Å². The van der Waals surface area contributed by atoms with Crippen LogP contribution >= 0.6 is 0 Å². The molecule has 2 heterocycles. The molecule has 1 saturated heterocycles. The molecule has 0 radical (unpaired) electrons. The normalized spacial score (nSPS) is 16.4. The van der Waals surface area contributed by atoms with Gasteiger partial charge in [0.2, 0.25) is 0 Å². The number of carboxylic acids is 1. The standard InChI is InChI=1S/C21H22N2O4/c24-20(22-9-2-1-3-10-22)15-7-8-18-19(14-15)27-12-11-23(18)17-6-4-5-16(13-17)21(25)26/h4-8,13-14H,1-3,9-12H2,(H,25,26). The number of carboxylic acid groups (broad SMARTS) is 1. The van der Waals surface area contributed by atoms with E-state index in [0.717, 1.165) is 37.3 Å². The Bertz CT molecular complexity index is 874. The van der Waals surface area contributed by atoms with Crippen LogP contribution in [0.4, 0.5) is 11.4 Å². The summed E-state index contributed by atoms with van der Waals surface area (Å²) >= 11 is 0. The first kappa shape index (κ1) is 17.4. The fourth-order valence-corrected chi connectivity index (χ4v) is 3.71. The zero-order chi connectivity index (χ0) is 18.8. The number of nitrogens with zero attached hydrogens (tertiary/aromatic N) is 2. The molecule has 1 fully saturated rings. The Morgan fingerprint density at radius 2 is 1.74 bits per heavy atom. The summed E-state index contributed by atoms with van der Waals surface area (Å²) in [6.45, 7) is 2.72. The van der Waals surface area contributed by atoms with Gasteiger partial charge in [0.15, 0.2) is 0 Å². The van der Waals surface area contributed by atoms with Crippen molar-refractivity contribution < 1.29 is 19.4 Å². The predicted molar refractivity (Wildman–Crippen MR) is 102 cm³/mol. The first-order valence-electron chi connectivity index (χ1n) is 9.30. The van der Waals surface area contributed by atoms with E-state index < -0.39 is 5.97 Å². The summed E-state index contributed by atoms with van der Waals surface area (Å²) in [7, 11) is 0. The molecule has 27 heavy (non-hydrogen) atoms. The molecule has 1 amide bonds.